The molecule has 0 saturated heterocycles. The molecule has 3 nitrogen and oxygen atoms in total. The van der Waals surface area contributed by atoms with E-state index in [2.05, 4.69) is 44.0 Å². The van der Waals surface area contributed by atoms with Gasteiger partial charge < -0.3 is 10.5 Å². The standard InChI is InChI=1S/C17H30N2O/c1-4-6-7-11-19(3)17(14-18)15-9-8-10-16(13-15)20-12-5-2/h8-10,13,17H,4-7,11-12,14,18H2,1-3H3. The number of nitrogens with two attached hydrogens (primary N) is 1. The van der Waals surface area contributed by atoms with Gasteiger partial charge in [-0.3, -0.25) is 4.90 Å². The third-order valence-electron chi connectivity index (χ3n) is 3.59. The first-order valence-electron chi connectivity index (χ1n) is 7.86. The van der Waals surface area contributed by atoms with Crippen LogP contribution in [0, 0.1) is 0 Å². The van der Waals surface area contributed by atoms with E-state index in [1.165, 1.54) is 24.8 Å². The first-order chi connectivity index (χ1) is 9.72. The van der Waals surface area contributed by atoms with E-state index in [1.54, 1.807) is 0 Å². The molecule has 0 aliphatic heterocycles. The fraction of sp³-hybridized carbons (Fsp3) is 0.647. The average molecular weight is 278 g/mol. The van der Waals surface area contributed by atoms with Crippen LogP contribution in [-0.4, -0.2) is 31.6 Å². The molecule has 2 N–H and O–H groups in total. The van der Waals surface area contributed by atoms with E-state index in [4.69, 9.17) is 10.5 Å². The van der Waals surface area contributed by atoms with Gasteiger partial charge in [0.1, 0.15) is 5.75 Å². The van der Waals surface area contributed by atoms with E-state index in [0.29, 0.717) is 6.54 Å². The van der Waals surface area contributed by atoms with E-state index >= 15 is 0 Å². The average Bonchev–Trinajstić information content (AvgIpc) is 2.46. The van der Waals surface area contributed by atoms with Crippen molar-refractivity contribution in [3.8, 4) is 5.75 Å². The molecule has 0 aliphatic carbocycles. The second-order valence-corrected chi connectivity index (χ2v) is 5.36. The fourth-order valence-corrected chi connectivity index (χ4v) is 2.37. The van der Waals surface area contributed by atoms with Gasteiger partial charge in [-0.25, -0.2) is 0 Å². The van der Waals surface area contributed by atoms with Gasteiger partial charge in [0.25, 0.3) is 0 Å². The van der Waals surface area contributed by atoms with E-state index in [9.17, 15) is 0 Å². The Balaban J connectivity index is 2.67. The summed E-state index contributed by atoms with van der Waals surface area (Å²) < 4.78 is 5.71. The van der Waals surface area contributed by atoms with Crippen molar-refractivity contribution in [1.82, 2.24) is 4.90 Å². The summed E-state index contributed by atoms with van der Waals surface area (Å²) in [7, 11) is 2.16. The quantitative estimate of drug-likeness (QED) is 0.665. The van der Waals surface area contributed by atoms with Crippen LogP contribution in [0.1, 0.15) is 51.1 Å². The second-order valence-electron chi connectivity index (χ2n) is 5.36. The lowest BCUT2D eigenvalue weighted by atomic mass is 10.0. The minimum absolute atomic E-state index is 0.275. The number of rotatable bonds is 10. The second kappa shape index (κ2) is 9.78. The van der Waals surface area contributed by atoms with Crippen LogP contribution in [0.5, 0.6) is 5.75 Å². The minimum Gasteiger partial charge on any atom is -0.494 e. The van der Waals surface area contributed by atoms with Gasteiger partial charge in [0.2, 0.25) is 0 Å². The number of unbranched alkanes of at least 4 members (excludes halogenated alkanes) is 2. The first kappa shape index (κ1) is 17.0. The number of hydrogen-bond acceptors (Lipinski definition) is 3. The number of likely N-dealkylation sites (N-methyl/N-ethyl adjacent to an activating group) is 1. The van der Waals surface area contributed by atoms with Gasteiger partial charge in [-0.2, -0.15) is 0 Å². The molecule has 20 heavy (non-hydrogen) atoms. The van der Waals surface area contributed by atoms with Gasteiger partial charge in [-0.15, -0.1) is 0 Å². The lowest BCUT2D eigenvalue weighted by Gasteiger charge is -2.27. The third-order valence-corrected chi connectivity index (χ3v) is 3.59. The van der Waals surface area contributed by atoms with Gasteiger partial charge in [0.15, 0.2) is 0 Å². The fourth-order valence-electron chi connectivity index (χ4n) is 2.37. The van der Waals surface area contributed by atoms with Gasteiger partial charge in [0, 0.05) is 12.6 Å². The molecule has 0 saturated carbocycles. The molecule has 0 fully saturated rings. The molecule has 1 unspecified atom stereocenters. The Labute approximate surface area is 124 Å². The Hall–Kier alpha value is -1.06. The molecule has 0 radical (unpaired) electrons. The summed E-state index contributed by atoms with van der Waals surface area (Å²) in [5.41, 5.74) is 7.23. The topological polar surface area (TPSA) is 38.5 Å². The van der Waals surface area contributed by atoms with Crippen molar-refractivity contribution in [3.63, 3.8) is 0 Å². The predicted octanol–water partition coefficient (Wildman–Crippen LogP) is 3.60. The van der Waals surface area contributed by atoms with Crippen LogP contribution in [0.4, 0.5) is 0 Å². The van der Waals surface area contributed by atoms with Crippen molar-refractivity contribution >= 4 is 0 Å². The van der Waals surface area contributed by atoms with Gasteiger partial charge in [-0.1, -0.05) is 38.8 Å². The van der Waals surface area contributed by atoms with Crippen LogP contribution in [0.2, 0.25) is 0 Å². The van der Waals surface area contributed by atoms with Crippen LogP contribution in [0.15, 0.2) is 24.3 Å². The molecule has 1 rings (SSSR count). The summed E-state index contributed by atoms with van der Waals surface area (Å²) in [6.07, 6.45) is 4.79. The zero-order valence-electron chi connectivity index (χ0n) is 13.3. The number of hydrogen-bond donors (Lipinski definition) is 1. The molecular formula is C17H30N2O. The van der Waals surface area contributed by atoms with Crippen molar-refractivity contribution in [2.45, 2.75) is 45.6 Å². The maximum absolute atomic E-state index is 5.98. The Morgan fingerprint density at radius 2 is 2.00 bits per heavy atom. The molecule has 0 aliphatic rings. The third kappa shape index (κ3) is 5.51. The van der Waals surface area contributed by atoms with Crippen LogP contribution in [-0.2, 0) is 0 Å². The molecule has 0 spiro atoms. The molecule has 0 heterocycles. The van der Waals surface area contributed by atoms with Crippen LogP contribution >= 0.6 is 0 Å². The Kier molecular flexibility index (Phi) is 8.31. The lowest BCUT2D eigenvalue weighted by Crippen LogP contribution is -2.31. The number of benzene rings is 1. The van der Waals surface area contributed by atoms with Crippen molar-refractivity contribution in [2.75, 3.05) is 26.7 Å². The predicted molar refractivity (Wildman–Crippen MR) is 86.2 cm³/mol. The summed E-state index contributed by atoms with van der Waals surface area (Å²) in [5, 5.41) is 0. The first-order valence-corrected chi connectivity index (χ1v) is 7.86. The lowest BCUT2D eigenvalue weighted by molar-refractivity contribution is 0.244. The minimum atomic E-state index is 0.275. The van der Waals surface area contributed by atoms with E-state index in [1.807, 2.05) is 6.07 Å². The van der Waals surface area contributed by atoms with Crippen LogP contribution < -0.4 is 10.5 Å². The summed E-state index contributed by atoms with van der Waals surface area (Å²) in [5.74, 6) is 0.949. The molecule has 3 heteroatoms. The smallest absolute Gasteiger partial charge is 0.119 e. The van der Waals surface area contributed by atoms with Gasteiger partial charge in [-0.05, 0) is 44.1 Å². The summed E-state index contributed by atoms with van der Waals surface area (Å²) in [6.45, 7) is 6.85. The Morgan fingerprint density at radius 3 is 2.65 bits per heavy atom. The molecule has 0 bridgehead atoms. The maximum Gasteiger partial charge on any atom is 0.119 e. The monoisotopic (exact) mass is 278 g/mol. The molecule has 1 aromatic carbocycles. The number of ether oxygens (including phenoxy) is 1. The molecule has 1 aromatic rings. The molecule has 114 valence electrons. The highest BCUT2D eigenvalue weighted by molar-refractivity contribution is 5.30. The maximum atomic E-state index is 5.98. The molecule has 1 atom stereocenters. The summed E-state index contributed by atoms with van der Waals surface area (Å²) in [4.78, 5) is 2.36. The number of nitrogens with zero attached hydrogens (tertiary/aromatic N) is 1. The highest BCUT2D eigenvalue weighted by atomic mass is 16.5. The largest absolute Gasteiger partial charge is 0.494 e. The van der Waals surface area contributed by atoms with Crippen molar-refractivity contribution in [2.24, 2.45) is 5.73 Å². The Morgan fingerprint density at radius 1 is 1.20 bits per heavy atom. The van der Waals surface area contributed by atoms with E-state index in [-0.39, 0.29) is 6.04 Å². The summed E-state index contributed by atoms with van der Waals surface area (Å²) >= 11 is 0. The molecular weight excluding hydrogens is 248 g/mol. The highest BCUT2D eigenvalue weighted by Gasteiger charge is 2.15. The van der Waals surface area contributed by atoms with Crippen LogP contribution in [0.3, 0.4) is 0 Å². The van der Waals surface area contributed by atoms with Gasteiger partial charge in [0.05, 0.1) is 6.61 Å². The van der Waals surface area contributed by atoms with E-state index < -0.39 is 0 Å². The normalized spacial score (nSPS) is 12.7. The van der Waals surface area contributed by atoms with Crippen LogP contribution in [0.25, 0.3) is 0 Å². The van der Waals surface area contributed by atoms with Crippen molar-refractivity contribution in [3.05, 3.63) is 29.8 Å². The zero-order valence-corrected chi connectivity index (χ0v) is 13.3. The van der Waals surface area contributed by atoms with Crippen molar-refractivity contribution < 1.29 is 4.74 Å². The Bertz CT molecular complexity index is 368. The SMILES string of the molecule is CCCCCN(C)C(CN)c1cccc(OCCC)c1. The highest BCUT2D eigenvalue weighted by Crippen LogP contribution is 2.23. The molecule has 0 aromatic heterocycles. The molecule has 0 amide bonds. The summed E-state index contributed by atoms with van der Waals surface area (Å²) in [6, 6.07) is 8.63. The van der Waals surface area contributed by atoms with Gasteiger partial charge >= 0.3 is 0 Å². The zero-order chi connectivity index (χ0) is 14.8. The van der Waals surface area contributed by atoms with Crippen molar-refractivity contribution in [1.29, 1.82) is 0 Å². The van der Waals surface area contributed by atoms with E-state index in [0.717, 1.165) is 25.3 Å².